The monoisotopic (exact) mass is 320 g/mol. The van der Waals surface area contributed by atoms with Crippen LogP contribution in [-0.4, -0.2) is 58.9 Å². The van der Waals surface area contributed by atoms with Crippen molar-refractivity contribution < 1.29 is 19.5 Å². The molecule has 0 aromatic heterocycles. The summed E-state index contributed by atoms with van der Waals surface area (Å²) < 4.78 is 0. The molecule has 0 unspecified atom stereocenters. The van der Waals surface area contributed by atoms with Crippen LogP contribution in [0, 0.1) is 23.2 Å². The van der Waals surface area contributed by atoms with E-state index in [0.717, 1.165) is 38.5 Å². The van der Waals surface area contributed by atoms with Gasteiger partial charge in [-0.15, -0.1) is 0 Å². The van der Waals surface area contributed by atoms with Crippen molar-refractivity contribution in [3.05, 3.63) is 0 Å². The zero-order valence-electron chi connectivity index (χ0n) is 13.4. The Hall–Kier alpha value is -1.59. The second-order valence-corrected chi connectivity index (χ2v) is 7.88. The molecular formula is C17H24N2O4. The highest BCUT2D eigenvalue weighted by Crippen LogP contribution is 2.46. The normalized spacial score (nSPS) is 34.3. The molecule has 4 rings (SSSR count). The molecule has 0 aromatic carbocycles. The second kappa shape index (κ2) is 5.21. The van der Waals surface area contributed by atoms with Crippen molar-refractivity contribution in [2.24, 2.45) is 23.2 Å². The van der Waals surface area contributed by atoms with Gasteiger partial charge in [0.25, 0.3) is 0 Å². The minimum absolute atomic E-state index is 0.0392. The summed E-state index contributed by atoms with van der Waals surface area (Å²) in [6.45, 7) is 1.47. The van der Waals surface area contributed by atoms with Gasteiger partial charge in [0.1, 0.15) is 5.41 Å². The van der Waals surface area contributed by atoms with E-state index in [-0.39, 0.29) is 30.8 Å². The summed E-state index contributed by atoms with van der Waals surface area (Å²) in [5.41, 5.74) is -1.08. The van der Waals surface area contributed by atoms with Crippen LogP contribution in [0.3, 0.4) is 0 Å². The number of carbonyl (C=O) groups is 3. The Labute approximate surface area is 135 Å². The van der Waals surface area contributed by atoms with Gasteiger partial charge in [-0.25, -0.2) is 0 Å². The molecule has 2 aliphatic carbocycles. The lowest BCUT2D eigenvalue weighted by Gasteiger charge is -2.26. The van der Waals surface area contributed by atoms with Crippen molar-refractivity contribution in [3.8, 4) is 0 Å². The molecule has 2 saturated carbocycles. The lowest BCUT2D eigenvalue weighted by atomic mass is 9.81. The van der Waals surface area contributed by atoms with Gasteiger partial charge in [-0.2, -0.15) is 0 Å². The first-order valence-corrected chi connectivity index (χ1v) is 8.82. The smallest absolute Gasteiger partial charge is 0.314 e. The minimum Gasteiger partial charge on any atom is -0.481 e. The van der Waals surface area contributed by atoms with Crippen LogP contribution in [0.2, 0.25) is 0 Å². The van der Waals surface area contributed by atoms with Gasteiger partial charge >= 0.3 is 5.97 Å². The molecule has 2 aliphatic heterocycles. The van der Waals surface area contributed by atoms with E-state index in [9.17, 15) is 19.5 Å². The predicted octanol–water partition coefficient (Wildman–Crippen LogP) is 0.958. The maximum Gasteiger partial charge on any atom is 0.314 e. The molecule has 2 heterocycles. The van der Waals surface area contributed by atoms with Gasteiger partial charge in [-0.05, 0) is 31.6 Å². The van der Waals surface area contributed by atoms with Crippen LogP contribution < -0.4 is 0 Å². The Kier molecular flexibility index (Phi) is 3.39. The first-order valence-electron chi connectivity index (χ1n) is 8.82. The van der Waals surface area contributed by atoms with Crippen LogP contribution in [0.25, 0.3) is 0 Å². The molecule has 126 valence electrons. The van der Waals surface area contributed by atoms with Crippen molar-refractivity contribution in [2.75, 3.05) is 26.2 Å². The van der Waals surface area contributed by atoms with E-state index in [2.05, 4.69) is 0 Å². The zero-order valence-corrected chi connectivity index (χ0v) is 13.4. The number of carboxylic acids is 1. The van der Waals surface area contributed by atoms with E-state index in [0.29, 0.717) is 19.0 Å². The highest BCUT2D eigenvalue weighted by molar-refractivity contribution is 5.94. The Morgan fingerprint density at radius 3 is 2.39 bits per heavy atom. The third-order valence-corrected chi connectivity index (χ3v) is 6.24. The average molecular weight is 320 g/mol. The van der Waals surface area contributed by atoms with Crippen molar-refractivity contribution in [1.29, 1.82) is 0 Å². The number of aliphatic carboxylic acids is 1. The van der Waals surface area contributed by atoms with E-state index < -0.39 is 17.3 Å². The molecule has 2 saturated heterocycles. The minimum atomic E-state index is -1.08. The third kappa shape index (κ3) is 2.34. The standard InChI is InChI=1S/C17H24N2O4/c20-14(12-3-1-2-4-12)19-8-13-15(21)18(7-11-5-6-11)9-17(13,10-19)16(22)23/h11-13H,1-10H2,(H,22,23)/t13-,17+/m0/s1. The van der Waals surface area contributed by atoms with Gasteiger partial charge in [0.15, 0.2) is 0 Å². The molecule has 2 atom stereocenters. The quantitative estimate of drug-likeness (QED) is 0.837. The maximum atomic E-state index is 12.7. The van der Waals surface area contributed by atoms with Crippen molar-refractivity contribution in [2.45, 2.75) is 38.5 Å². The number of nitrogens with zero attached hydrogens (tertiary/aromatic N) is 2. The number of rotatable bonds is 4. The molecule has 23 heavy (non-hydrogen) atoms. The fraction of sp³-hybridized carbons (Fsp3) is 0.824. The fourth-order valence-electron chi connectivity index (χ4n) is 4.67. The van der Waals surface area contributed by atoms with Crippen molar-refractivity contribution >= 4 is 17.8 Å². The zero-order chi connectivity index (χ0) is 16.2. The number of amides is 2. The van der Waals surface area contributed by atoms with Gasteiger partial charge in [0.05, 0.1) is 5.92 Å². The molecule has 1 N–H and O–H groups in total. The Morgan fingerprint density at radius 1 is 1.13 bits per heavy atom. The lowest BCUT2D eigenvalue weighted by molar-refractivity contribution is -0.150. The molecule has 2 amide bonds. The highest BCUT2D eigenvalue weighted by Gasteiger charge is 2.63. The van der Waals surface area contributed by atoms with Crippen molar-refractivity contribution in [3.63, 3.8) is 0 Å². The first-order chi connectivity index (χ1) is 11.0. The summed E-state index contributed by atoms with van der Waals surface area (Å²) in [7, 11) is 0. The van der Waals surface area contributed by atoms with Gasteiger partial charge in [-0.1, -0.05) is 12.8 Å². The fourth-order valence-corrected chi connectivity index (χ4v) is 4.67. The van der Waals surface area contributed by atoms with E-state index in [1.807, 2.05) is 0 Å². The molecule has 4 aliphatic rings. The topological polar surface area (TPSA) is 77.9 Å². The van der Waals surface area contributed by atoms with E-state index in [1.54, 1.807) is 9.80 Å². The van der Waals surface area contributed by atoms with E-state index >= 15 is 0 Å². The third-order valence-electron chi connectivity index (χ3n) is 6.24. The largest absolute Gasteiger partial charge is 0.481 e. The number of fused-ring (bicyclic) bond motifs is 1. The predicted molar refractivity (Wildman–Crippen MR) is 81.4 cm³/mol. The summed E-state index contributed by atoms with van der Waals surface area (Å²) in [4.78, 5) is 40.7. The number of carbonyl (C=O) groups excluding carboxylic acids is 2. The van der Waals surface area contributed by atoms with Crippen LogP contribution in [0.1, 0.15) is 38.5 Å². The van der Waals surface area contributed by atoms with Gasteiger partial charge < -0.3 is 14.9 Å². The number of likely N-dealkylation sites (tertiary alicyclic amines) is 2. The summed E-state index contributed by atoms with van der Waals surface area (Å²) in [5, 5.41) is 9.81. The van der Waals surface area contributed by atoms with E-state index in [1.165, 1.54) is 0 Å². The summed E-state index contributed by atoms with van der Waals surface area (Å²) in [6, 6.07) is 0. The number of carboxylic acid groups (broad SMARTS) is 1. The molecule has 0 aromatic rings. The van der Waals surface area contributed by atoms with Gasteiger partial charge in [0, 0.05) is 32.1 Å². The molecule has 0 radical (unpaired) electrons. The molecule has 0 bridgehead atoms. The average Bonchev–Trinajstić information content (AvgIpc) is 2.97. The van der Waals surface area contributed by atoms with Gasteiger partial charge in [-0.3, -0.25) is 14.4 Å². The van der Waals surface area contributed by atoms with Crippen LogP contribution in [0.5, 0.6) is 0 Å². The van der Waals surface area contributed by atoms with Crippen LogP contribution in [0.15, 0.2) is 0 Å². The number of hydrogen-bond acceptors (Lipinski definition) is 3. The SMILES string of the molecule is O=C(C1CCCC1)N1C[C@H]2C(=O)N(CC3CC3)C[C@@]2(C(=O)O)C1. The summed E-state index contributed by atoms with van der Waals surface area (Å²) >= 11 is 0. The Morgan fingerprint density at radius 2 is 1.83 bits per heavy atom. The summed E-state index contributed by atoms with van der Waals surface area (Å²) in [5.74, 6) is -0.864. The van der Waals surface area contributed by atoms with Crippen LogP contribution >= 0.6 is 0 Å². The lowest BCUT2D eigenvalue weighted by Crippen LogP contribution is -2.43. The molecule has 4 fully saturated rings. The molecular weight excluding hydrogens is 296 g/mol. The maximum absolute atomic E-state index is 12.7. The van der Waals surface area contributed by atoms with Crippen LogP contribution in [0.4, 0.5) is 0 Å². The first kappa shape index (κ1) is 15.0. The number of hydrogen-bond donors (Lipinski definition) is 1. The van der Waals surface area contributed by atoms with Gasteiger partial charge in [0.2, 0.25) is 11.8 Å². The van der Waals surface area contributed by atoms with Crippen LogP contribution in [-0.2, 0) is 14.4 Å². The molecule has 6 heteroatoms. The van der Waals surface area contributed by atoms with Crippen molar-refractivity contribution in [1.82, 2.24) is 9.80 Å². The Balaban J connectivity index is 1.52. The highest BCUT2D eigenvalue weighted by atomic mass is 16.4. The van der Waals surface area contributed by atoms with E-state index in [4.69, 9.17) is 0 Å². The molecule has 0 spiro atoms. The summed E-state index contributed by atoms with van der Waals surface area (Å²) in [6.07, 6.45) is 6.24. The Bertz CT molecular complexity index is 553. The molecule has 6 nitrogen and oxygen atoms in total. The second-order valence-electron chi connectivity index (χ2n) is 7.88.